The van der Waals surface area contributed by atoms with Crippen LogP contribution in [0.15, 0.2) is 16.9 Å². The van der Waals surface area contributed by atoms with Gasteiger partial charge in [0.2, 0.25) is 5.91 Å². The lowest BCUT2D eigenvalue weighted by Gasteiger charge is -2.52. The molecule has 0 atom stereocenters. The number of aromatic amines is 1. The van der Waals surface area contributed by atoms with Gasteiger partial charge in [-0.2, -0.15) is 0 Å². The Morgan fingerprint density at radius 2 is 1.94 bits per heavy atom. The van der Waals surface area contributed by atoms with E-state index >= 15 is 0 Å². The van der Waals surface area contributed by atoms with Crippen molar-refractivity contribution in [2.75, 3.05) is 52.5 Å². The summed E-state index contributed by atoms with van der Waals surface area (Å²) in [6.45, 7) is 9.81. The topological polar surface area (TPSA) is 87.8 Å². The minimum Gasteiger partial charge on any atom is -0.492 e. The van der Waals surface area contributed by atoms with Crippen molar-refractivity contribution in [2.24, 2.45) is 11.3 Å². The number of amides is 1. The maximum Gasteiger partial charge on any atom is 0.261 e. The second-order valence-corrected chi connectivity index (χ2v) is 10.6. The lowest BCUT2D eigenvalue weighted by atomic mass is 9.57. The third-order valence-electron chi connectivity index (χ3n) is 7.91. The van der Waals surface area contributed by atoms with Crippen LogP contribution in [0.1, 0.15) is 51.3 Å². The van der Waals surface area contributed by atoms with Gasteiger partial charge in [0.1, 0.15) is 29.4 Å². The standard InChI is InChI=1S/C26H35FN4O4/c1-17(2)25(33)31-5-3-26(4-6-31)15-18(16-26)23-28-21-14-19(13-20(27)22(21)24(32)29-23)35-12-9-30-7-10-34-11-8-30/h13-14,17-18H,3-12,15-16H2,1-2H3,(H,28,29,32). The number of nitrogens with zero attached hydrogens (tertiary/aromatic N) is 3. The smallest absolute Gasteiger partial charge is 0.261 e. The summed E-state index contributed by atoms with van der Waals surface area (Å²) in [6, 6.07) is 2.93. The van der Waals surface area contributed by atoms with Crippen LogP contribution in [0.4, 0.5) is 4.39 Å². The summed E-state index contributed by atoms with van der Waals surface area (Å²) in [5, 5.41) is -0.0242. The summed E-state index contributed by atoms with van der Waals surface area (Å²) < 4.78 is 25.9. The van der Waals surface area contributed by atoms with Gasteiger partial charge < -0.3 is 19.4 Å². The normalized spacial score (nSPS) is 21.0. The largest absolute Gasteiger partial charge is 0.492 e. The van der Waals surface area contributed by atoms with E-state index in [2.05, 4.69) is 14.9 Å². The Kier molecular flexibility index (Phi) is 6.81. The molecule has 8 nitrogen and oxygen atoms in total. The van der Waals surface area contributed by atoms with Gasteiger partial charge in [0, 0.05) is 56.7 Å². The summed E-state index contributed by atoms with van der Waals surface area (Å²) in [5.74, 6) is 0.794. The summed E-state index contributed by atoms with van der Waals surface area (Å²) >= 11 is 0. The van der Waals surface area contributed by atoms with Crippen molar-refractivity contribution in [2.45, 2.75) is 45.4 Å². The molecule has 2 saturated heterocycles. The SMILES string of the molecule is CC(C)C(=O)N1CCC2(CC1)CC(c1nc3cc(OCCN4CCOCC4)cc(F)c3c(=O)[nH]1)C2. The maximum atomic E-state index is 14.8. The highest BCUT2D eigenvalue weighted by Crippen LogP contribution is 2.56. The predicted octanol–water partition coefficient (Wildman–Crippen LogP) is 2.92. The lowest BCUT2D eigenvalue weighted by Crippen LogP contribution is -2.49. The fourth-order valence-electron chi connectivity index (χ4n) is 5.77. The van der Waals surface area contributed by atoms with E-state index in [1.165, 1.54) is 6.07 Å². The molecule has 2 aliphatic heterocycles. The highest BCUT2D eigenvalue weighted by Gasteiger charge is 2.47. The number of benzene rings is 1. The molecule has 1 aromatic heterocycles. The van der Waals surface area contributed by atoms with Gasteiger partial charge in [-0.15, -0.1) is 0 Å². The number of ether oxygens (including phenoxy) is 2. The molecule has 3 aliphatic rings. The van der Waals surface area contributed by atoms with Crippen molar-refractivity contribution in [1.82, 2.24) is 19.8 Å². The second-order valence-electron chi connectivity index (χ2n) is 10.6. The Morgan fingerprint density at radius 1 is 1.23 bits per heavy atom. The molecule has 1 spiro atoms. The van der Waals surface area contributed by atoms with E-state index in [9.17, 15) is 14.0 Å². The number of carbonyl (C=O) groups excluding carboxylic acids is 1. The molecule has 1 saturated carbocycles. The first-order valence-corrected chi connectivity index (χ1v) is 12.8. The zero-order chi connectivity index (χ0) is 24.6. The van der Waals surface area contributed by atoms with E-state index in [1.54, 1.807) is 6.07 Å². The molecule has 0 radical (unpaired) electrons. The monoisotopic (exact) mass is 486 g/mol. The average Bonchev–Trinajstić information content (AvgIpc) is 2.82. The quantitative estimate of drug-likeness (QED) is 0.676. The number of nitrogens with one attached hydrogen (secondary N) is 1. The molecule has 0 bridgehead atoms. The first kappa shape index (κ1) is 24.2. The van der Waals surface area contributed by atoms with E-state index in [0.29, 0.717) is 23.7 Å². The van der Waals surface area contributed by atoms with Gasteiger partial charge in [0.15, 0.2) is 0 Å². The van der Waals surface area contributed by atoms with Crippen molar-refractivity contribution in [3.05, 3.63) is 34.1 Å². The highest BCUT2D eigenvalue weighted by molar-refractivity contribution is 5.80. The number of hydrogen-bond donors (Lipinski definition) is 1. The van der Waals surface area contributed by atoms with E-state index in [1.807, 2.05) is 18.7 Å². The van der Waals surface area contributed by atoms with Crippen LogP contribution in [0.25, 0.3) is 10.9 Å². The zero-order valence-corrected chi connectivity index (χ0v) is 20.6. The molecule has 190 valence electrons. The van der Waals surface area contributed by atoms with Crippen molar-refractivity contribution in [1.29, 1.82) is 0 Å². The van der Waals surface area contributed by atoms with Crippen LogP contribution >= 0.6 is 0 Å². The molecular weight excluding hydrogens is 451 g/mol. The van der Waals surface area contributed by atoms with Gasteiger partial charge in [-0.05, 0) is 31.1 Å². The molecule has 3 heterocycles. The molecule has 5 rings (SSSR count). The Bertz CT molecular complexity index is 1130. The Morgan fingerprint density at radius 3 is 2.63 bits per heavy atom. The van der Waals surface area contributed by atoms with Crippen LogP contribution in [0.5, 0.6) is 5.75 Å². The number of piperidine rings is 1. The van der Waals surface area contributed by atoms with Crippen LogP contribution in [-0.4, -0.2) is 78.2 Å². The van der Waals surface area contributed by atoms with Gasteiger partial charge in [0.25, 0.3) is 5.56 Å². The van der Waals surface area contributed by atoms with E-state index in [0.717, 1.165) is 71.6 Å². The Labute approximate surface area is 204 Å². The van der Waals surface area contributed by atoms with Crippen LogP contribution in [0.2, 0.25) is 0 Å². The average molecular weight is 487 g/mol. The number of likely N-dealkylation sites (tertiary alicyclic amines) is 1. The second kappa shape index (κ2) is 9.85. The van der Waals surface area contributed by atoms with Crippen molar-refractivity contribution in [3.63, 3.8) is 0 Å². The minimum absolute atomic E-state index is 0.0242. The molecule has 1 N–H and O–H groups in total. The number of halogens is 1. The lowest BCUT2D eigenvalue weighted by molar-refractivity contribution is -0.138. The number of rotatable bonds is 6. The summed E-state index contributed by atoms with van der Waals surface area (Å²) in [4.78, 5) is 36.7. The summed E-state index contributed by atoms with van der Waals surface area (Å²) in [5.41, 5.74) is 0.103. The van der Waals surface area contributed by atoms with Gasteiger partial charge in [-0.3, -0.25) is 14.5 Å². The number of carbonyl (C=O) groups is 1. The number of morpholine rings is 1. The molecule has 1 amide bonds. The number of aromatic nitrogens is 2. The molecule has 2 aromatic rings. The molecule has 1 aromatic carbocycles. The predicted molar refractivity (Wildman–Crippen MR) is 130 cm³/mol. The van der Waals surface area contributed by atoms with Crippen molar-refractivity contribution >= 4 is 16.8 Å². The van der Waals surface area contributed by atoms with Gasteiger partial charge in [-0.1, -0.05) is 13.8 Å². The van der Waals surface area contributed by atoms with Gasteiger partial charge in [0.05, 0.1) is 18.7 Å². The van der Waals surface area contributed by atoms with Crippen LogP contribution in [0.3, 0.4) is 0 Å². The fraction of sp³-hybridized carbons (Fsp3) is 0.654. The molecule has 0 unspecified atom stereocenters. The molecular formula is C26H35FN4O4. The Hall–Kier alpha value is -2.52. The maximum absolute atomic E-state index is 14.8. The molecule has 35 heavy (non-hydrogen) atoms. The fourth-order valence-corrected chi connectivity index (χ4v) is 5.77. The zero-order valence-electron chi connectivity index (χ0n) is 20.6. The van der Waals surface area contributed by atoms with E-state index in [-0.39, 0.29) is 28.5 Å². The van der Waals surface area contributed by atoms with Crippen LogP contribution < -0.4 is 10.3 Å². The van der Waals surface area contributed by atoms with E-state index in [4.69, 9.17) is 9.47 Å². The molecule has 9 heteroatoms. The Balaban J connectivity index is 1.24. The van der Waals surface area contributed by atoms with Gasteiger partial charge in [-0.25, -0.2) is 9.37 Å². The summed E-state index contributed by atoms with van der Waals surface area (Å²) in [6.07, 6.45) is 3.83. The first-order valence-electron chi connectivity index (χ1n) is 12.8. The van der Waals surface area contributed by atoms with E-state index < -0.39 is 11.4 Å². The van der Waals surface area contributed by atoms with Crippen LogP contribution in [0, 0.1) is 17.2 Å². The van der Waals surface area contributed by atoms with Crippen molar-refractivity contribution < 1.29 is 18.7 Å². The summed E-state index contributed by atoms with van der Waals surface area (Å²) in [7, 11) is 0. The number of fused-ring (bicyclic) bond motifs is 1. The third-order valence-corrected chi connectivity index (χ3v) is 7.91. The third kappa shape index (κ3) is 5.07. The van der Waals surface area contributed by atoms with Crippen LogP contribution in [-0.2, 0) is 9.53 Å². The highest BCUT2D eigenvalue weighted by atomic mass is 19.1. The van der Waals surface area contributed by atoms with Gasteiger partial charge >= 0.3 is 0 Å². The number of hydrogen-bond acceptors (Lipinski definition) is 6. The molecule has 1 aliphatic carbocycles. The molecule has 3 fully saturated rings. The number of H-pyrrole nitrogens is 1. The van der Waals surface area contributed by atoms with Crippen molar-refractivity contribution in [3.8, 4) is 5.75 Å². The first-order chi connectivity index (χ1) is 16.8. The minimum atomic E-state index is -0.614.